The molecule has 0 bridgehead atoms. The van der Waals surface area contributed by atoms with Crippen LogP contribution in [0.2, 0.25) is 0 Å². The van der Waals surface area contributed by atoms with E-state index < -0.39 is 58.5 Å². The Morgan fingerprint density at radius 1 is 0.724 bits per heavy atom. The standard InChI is InChI=1S/C24H34O6.C23H30O5/c1-21(2)29-19-10-16-15-6-5-13-9-14(26)7-8-22(13,3)20(15)17(27)11-23(16,4)24(19,30-21)18(28)12-25;1-20(2)27-18-10-16-15-6-5-13-9-14(25)7-8-21(13,3)19(15)17(26)11-22(16,4)23(18,12-24)28-20/h7-9,15-20,25,27-28H,5-6,10-12H2,1-4H3;7-9,12,15-19,26H,5-6,10-11H2,1-4H3/t15?,16?,17-,18?,19+,20?,22?,23?,24+;15?,16?,17-,18+,19?,21?,22?,23+/m00/s1. The van der Waals surface area contributed by atoms with Crippen molar-refractivity contribution in [2.24, 2.45) is 57.2 Å². The number of carbonyl (C=O) groups is 3. The molecule has 11 unspecified atom stereocenters. The Kier molecular flexibility index (Phi) is 9.09. The van der Waals surface area contributed by atoms with E-state index in [1.807, 2.05) is 39.8 Å². The highest BCUT2D eigenvalue weighted by molar-refractivity contribution is 6.01. The fourth-order valence-electron chi connectivity index (χ4n) is 15.9. The number of ketones is 2. The molecule has 2 saturated heterocycles. The van der Waals surface area contributed by atoms with Crippen molar-refractivity contribution < 1.29 is 53.8 Å². The Hall–Kier alpha value is -2.35. The minimum absolute atomic E-state index is 0.00933. The molecule has 11 heteroatoms. The zero-order valence-electron chi connectivity index (χ0n) is 35.4. The zero-order chi connectivity index (χ0) is 41.8. The summed E-state index contributed by atoms with van der Waals surface area (Å²) in [5.41, 5.74) is -1.40. The molecule has 11 nitrogen and oxygen atoms in total. The number of carbonyl (C=O) groups excluding carboxylic acids is 3. The van der Waals surface area contributed by atoms with Gasteiger partial charge in [-0.3, -0.25) is 14.4 Å². The van der Waals surface area contributed by atoms with Crippen molar-refractivity contribution in [1.82, 2.24) is 0 Å². The lowest BCUT2D eigenvalue weighted by Gasteiger charge is -2.60. The van der Waals surface area contributed by atoms with Crippen LogP contribution >= 0.6 is 0 Å². The van der Waals surface area contributed by atoms with Gasteiger partial charge in [-0.2, -0.15) is 0 Å². The molecular weight excluding hydrogens is 741 g/mol. The second kappa shape index (κ2) is 12.8. The molecule has 8 aliphatic carbocycles. The summed E-state index contributed by atoms with van der Waals surface area (Å²) in [6.07, 6.45) is 15.0. The second-order valence-corrected chi connectivity index (χ2v) is 21.5. The zero-order valence-corrected chi connectivity index (χ0v) is 35.4. The summed E-state index contributed by atoms with van der Waals surface area (Å²) in [6, 6.07) is 0. The monoisotopic (exact) mass is 804 g/mol. The molecule has 0 aromatic rings. The fourth-order valence-corrected chi connectivity index (χ4v) is 15.9. The van der Waals surface area contributed by atoms with E-state index in [-0.39, 0.29) is 70.1 Å². The van der Waals surface area contributed by atoms with E-state index >= 15 is 0 Å². The Morgan fingerprint density at radius 3 is 1.71 bits per heavy atom. The summed E-state index contributed by atoms with van der Waals surface area (Å²) >= 11 is 0. The quantitative estimate of drug-likeness (QED) is 0.281. The predicted octanol–water partition coefficient (Wildman–Crippen LogP) is 5.08. The molecule has 58 heavy (non-hydrogen) atoms. The van der Waals surface area contributed by atoms with Crippen molar-refractivity contribution in [3.63, 3.8) is 0 Å². The molecule has 318 valence electrons. The highest BCUT2D eigenvalue weighted by Crippen LogP contribution is 2.72. The molecule has 10 rings (SSSR count). The van der Waals surface area contributed by atoms with Crippen molar-refractivity contribution in [1.29, 1.82) is 0 Å². The third kappa shape index (κ3) is 5.23. The van der Waals surface area contributed by atoms with Crippen molar-refractivity contribution in [3.8, 4) is 0 Å². The topological polar surface area (TPSA) is 169 Å². The molecule has 2 aliphatic heterocycles. The highest BCUT2D eigenvalue weighted by Gasteiger charge is 2.77. The normalized spacial score (nSPS) is 52.9. The summed E-state index contributed by atoms with van der Waals surface area (Å²) in [4.78, 5) is 36.3. The molecule has 8 fully saturated rings. The molecule has 6 saturated carbocycles. The van der Waals surface area contributed by atoms with E-state index in [0.29, 0.717) is 12.8 Å². The van der Waals surface area contributed by atoms with Gasteiger partial charge in [0.15, 0.2) is 35.0 Å². The number of ether oxygens (including phenoxy) is 4. The number of hydrogen-bond donors (Lipinski definition) is 4. The van der Waals surface area contributed by atoms with Crippen LogP contribution in [0, 0.1) is 57.2 Å². The fraction of sp³-hybridized carbons (Fsp3) is 0.766. The van der Waals surface area contributed by atoms with Gasteiger partial charge < -0.3 is 39.4 Å². The van der Waals surface area contributed by atoms with Gasteiger partial charge in [0.2, 0.25) is 0 Å². The number of aldehydes is 1. The van der Waals surface area contributed by atoms with E-state index in [0.717, 1.165) is 56.0 Å². The summed E-state index contributed by atoms with van der Waals surface area (Å²) in [5.74, 6) is -0.579. The first kappa shape index (κ1) is 41.0. The van der Waals surface area contributed by atoms with Crippen LogP contribution in [0.15, 0.2) is 47.6 Å². The molecule has 0 amide bonds. The Bertz CT molecular complexity index is 1910. The van der Waals surface area contributed by atoms with Crippen LogP contribution in [0.3, 0.4) is 0 Å². The minimum Gasteiger partial charge on any atom is -0.394 e. The lowest BCUT2D eigenvalue weighted by atomic mass is 9.46. The van der Waals surface area contributed by atoms with E-state index in [9.17, 15) is 34.8 Å². The van der Waals surface area contributed by atoms with Crippen molar-refractivity contribution in [2.75, 3.05) is 6.61 Å². The Balaban J connectivity index is 0.000000151. The lowest BCUT2D eigenvalue weighted by Crippen LogP contribution is -2.65. The first-order chi connectivity index (χ1) is 27.0. The average Bonchev–Trinajstić information content (AvgIpc) is 3.75. The SMILES string of the molecule is CC1(C)O[C@@H]2CC3C4CCC5=CC(=O)C=CC5(C)C4[C@@H](O)CC3(C)[C@]2(C(O)CO)O1.CC1(C)O[C@@H]2CC3C4CCC5=CC(=O)C=CC5(C)C4[C@@H](O)CC3(C)[C@]2(C=O)O1. The van der Waals surface area contributed by atoms with Crippen LogP contribution in [-0.4, -0.2) is 98.2 Å². The van der Waals surface area contributed by atoms with Crippen molar-refractivity contribution in [2.45, 2.75) is 160 Å². The van der Waals surface area contributed by atoms with Crippen LogP contribution < -0.4 is 0 Å². The molecule has 0 radical (unpaired) electrons. The van der Waals surface area contributed by atoms with Crippen LogP contribution in [0.4, 0.5) is 0 Å². The molecule has 2 heterocycles. The summed E-state index contributed by atoms with van der Waals surface area (Å²) in [7, 11) is 0. The van der Waals surface area contributed by atoms with Crippen molar-refractivity contribution >= 4 is 17.9 Å². The smallest absolute Gasteiger partial charge is 0.178 e. The van der Waals surface area contributed by atoms with Crippen LogP contribution in [-0.2, 0) is 33.3 Å². The van der Waals surface area contributed by atoms with Crippen molar-refractivity contribution in [3.05, 3.63) is 47.6 Å². The predicted molar refractivity (Wildman–Crippen MR) is 211 cm³/mol. The Morgan fingerprint density at radius 2 is 1.19 bits per heavy atom. The van der Waals surface area contributed by atoms with Gasteiger partial charge in [0.05, 0.1) is 31.0 Å². The van der Waals surface area contributed by atoms with E-state index in [1.54, 1.807) is 24.3 Å². The van der Waals surface area contributed by atoms with Gasteiger partial charge in [-0.25, -0.2) is 0 Å². The molecular formula is C47H64O11. The highest BCUT2D eigenvalue weighted by atomic mass is 16.8. The third-order valence-corrected chi connectivity index (χ3v) is 18.0. The van der Waals surface area contributed by atoms with Crippen LogP contribution in [0.1, 0.15) is 107 Å². The summed E-state index contributed by atoms with van der Waals surface area (Å²) < 4.78 is 25.2. The largest absolute Gasteiger partial charge is 0.394 e. The van der Waals surface area contributed by atoms with E-state index in [2.05, 4.69) is 27.7 Å². The van der Waals surface area contributed by atoms with Gasteiger partial charge in [0, 0.05) is 33.5 Å². The van der Waals surface area contributed by atoms with Gasteiger partial charge >= 0.3 is 0 Å². The molecule has 0 aromatic heterocycles. The maximum Gasteiger partial charge on any atom is 0.178 e. The third-order valence-electron chi connectivity index (χ3n) is 18.0. The van der Waals surface area contributed by atoms with Crippen LogP contribution in [0.25, 0.3) is 0 Å². The van der Waals surface area contributed by atoms with E-state index in [4.69, 9.17) is 18.9 Å². The van der Waals surface area contributed by atoms with Crippen LogP contribution in [0.5, 0.6) is 0 Å². The average molecular weight is 805 g/mol. The second-order valence-electron chi connectivity index (χ2n) is 21.5. The molecule has 0 aromatic carbocycles. The van der Waals surface area contributed by atoms with Gasteiger partial charge in [-0.05, 0) is 127 Å². The number of aliphatic hydroxyl groups is 4. The first-order valence-corrected chi connectivity index (χ1v) is 21.8. The molecule has 0 spiro atoms. The molecule has 17 atom stereocenters. The number of fused-ring (bicyclic) bond motifs is 14. The number of hydrogen-bond acceptors (Lipinski definition) is 11. The summed E-state index contributed by atoms with van der Waals surface area (Å²) in [6.45, 7) is 15.5. The van der Waals surface area contributed by atoms with E-state index in [1.165, 1.54) is 0 Å². The maximum atomic E-state index is 12.4. The Labute approximate surface area is 342 Å². The molecule has 10 aliphatic rings. The van der Waals surface area contributed by atoms with Gasteiger partial charge in [-0.1, -0.05) is 51.0 Å². The van der Waals surface area contributed by atoms with Gasteiger partial charge in [0.25, 0.3) is 0 Å². The first-order valence-electron chi connectivity index (χ1n) is 21.8. The number of aliphatic hydroxyl groups excluding tert-OH is 4. The van der Waals surface area contributed by atoms with Gasteiger partial charge in [-0.15, -0.1) is 0 Å². The molecule has 4 N–H and O–H groups in total. The van der Waals surface area contributed by atoms with Gasteiger partial charge in [0.1, 0.15) is 11.7 Å². The number of allylic oxidation sites excluding steroid dienone is 8. The number of rotatable bonds is 3. The summed E-state index contributed by atoms with van der Waals surface area (Å²) in [5, 5.41) is 43.9. The maximum absolute atomic E-state index is 12.4. The lowest BCUT2D eigenvalue weighted by molar-refractivity contribution is -0.254. The minimum atomic E-state index is -1.08.